The van der Waals surface area contributed by atoms with E-state index in [1.807, 2.05) is 24.3 Å². The molecule has 0 unspecified atom stereocenters. The van der Waals surface area contributed by atoms with Crippen LogP contribution >= 0.6 is 24.8 Å². The van der Waals surface area contributed by atoms with Crippen molar-refractivity contribution >= 4 is 30.7 Å². The summed E-state index contributed by atoms with van der Waals surface area (Å²) < 4.78 is 10.9. The number of benzene rings is 1. The van der Waals surface area contributed by atoms with E-state index in [0.717, 1.165) is 23.8 Å². The van der Waals surface area contributed by atoms with Gasteiger partial charge in [-0.25, -0.2) is 4.98 Å². The molecule has 0 aliphatic heterocycles. The number of ether oxygens (including phenoxy) is 2. The van der Waals surface area contributed by atoms with Crippen LogP contribution in [0.15, 0.2) is 42.6 Å². The van der Waals surface area contributed by atoms with Crippen LogP contribution < -0.4 is 20.1 Å². The molecular formula is C19H25Cl2N3O3. The van der Waals surface area contributed by atoms with Crippen molar-refractivity contribution in [2.24, 2.45) is 5.92 Å². The van der Waals surface area contributed by atoms with Crippen molar-refractivity contribution in [2.75, 3.05) is 20.2 Å². The quantitative estimate of drug-likeness (QED) is 0.659. The molecule has 1 fully saturated rings. The Labute approximate surface area is 171 Å². The Balaban J connectivity index is 0.00000182. The maximum Gasteiger partial charge on any atom is 0.234 e. The minimum Gasteiger partial charge on any atom is -0.497 e. The number of hydrogen-bond acceptors (Lipinski definition) is 5. The fourth-order valence-electron chi connectivity index (χ4n) is 2.34. The van der Waals surface area contributed by atoms with E-state index in [4.69, 9.17) is 9.47 Å². The standard InChI is InChI=1S/C19H23N3O3.2ClH/c1-24-16-3-2-4-17(9-16)25-19-8-7-15(12-22-19)11-21-18(23)13-20-10-14-5-6-14;;/h2-4,7-9,12,14,20H,5-6,10-11,13H2,1H3,(H,21,23);2*1H. The average Bonchev–Trinajstić information content (AvgIpc) is 3.46. The lowest BCUT2D eigenvalue weighted by Crippen LogP contribution is -2.34. The van der Waals surface area contributed by atoms with Crippen LogP contribution in [0.25, 0.3) is 0 Å². The molecule has 1 amide bonds. The van der Waals surface area contributed by atoms with Gasteiger partial charge in [0.25, 0.3) is 0 Å². The van der Waals surface area contributed by atoms with Crippen LogP contribution in [0, 0.1) is 5.92 Å². The zero-order chi connectivity index (χ0) is 17.5. The summed E-state index contributed by atoms with van der Waals surface area (Å²) in [4.78, 5) is 16.0. The lowest BCUT2D eigenvalue weighted by Gasteiger charge is -2.08. The van der Waals surface area contributed by atoms with Crippen molar-refractivity contribution in [1.82, 2.24) is 15.6 Å². The van der Waals surface area contributed by atoms with Gasteiger partial charge in [0.05, 0.1) is 13.7 Å². The molecule has 2 aromatic rings. The minimum atomic E-state index is -0.00245. The Bertz CT molecular complexity index is 710. The Morgan fingerprint density at radius 3 is 2.63 bits per heavy atom. The normalized spacial score (nSPS) is 12.3. The molecule has 2 N–H and O–H groups in total. The smallest absolute Gasteiger partial charge is 0.234 e. The molecule has 1 aliphatic rings. The summed E-state index contributed by atoms with van der Waals surface area (Å²) in [5, 5.41) is 6.05. The largest absolute Gasteiger partial charge is 0.497 e. The van der Waals surface area contributed by atoms with Gasteiger partial charge in [0.1, 0.15) is 11.5 Å². The fraction of sp³-hybridized carbons (Fsp3) is 0.368. The molecule has 6 nitrogen and oxygen atoms in total. The lowest BCUT2D eigenvalue weighted by molar-refractivity contribution is -0.120. The number of rotatable bonds is 9. The minimum absolute atomic E-state index is 0. The summed E-state index contributed by atoms with van der Waals surface area (Å²) in [6.45, 7) is 1.75. The third kappa shape index (κ3) is 8.03. The predicted octanol–water partition coefficient (Wildman–Crippen LogP) is 3.34. The molecule has 0 radical (unpaired) electrons. The van der Waals surface area contributed by atoms with E-state index in [9.17, 15) is 4.79 Å². The molecular weight excluding hydrogens is 389 g/mol. The van der Waals surface area contributed by atoms with Crippen LogP contribution in [0.3, 0.4) is 0 Å². The monoisotopic (exact) mass is 413 g/mol. The molecule has 1 saturated carbocycles. The SMILES string of the molecule is COc1cccc(Oc2ccc(CNC(=O)CNCC3CC3)cn2)c1.Cl.Cl. The zero-order valence-corrected chi connectivity index (χ0v) is 16.8. The van der Waals surface area contributed by atoms with Gasteiger partial charge in [-0.1, -0.05) is 12.1 Å². The van der Waals surface area contributed by atoms with Crippen molar-refractivity contribution in [1.29, 1.82) is 0 Å². The van der Waals surface area contributed by atoms with E-state index in [1.54, 1.807) is 25.4 Å². The first-order valence-electron chi connectivity index (χ1n) is 8.47. The number of nitrogens with zero attached hydrogens (tertiary/aromatic N) is 1. The van der Waals surface area contributed by atoms with Gasteiger partial charge in [-0.15, -0.1) is 24.8 Å². The number of nitrogens with one attached hydrogen (secondary N) is 2. The summed E-state index contributed by atoms with van der Waals surface area (Å²) in [5.74, 6) is 2.66. The van der Waals surface area contributed by atoms with Gasteiger partial charge in [0, 0.05) is 24.9 Å². The number of pyridine rings is 1. The van der Waals surface area contributed by atoms with Gasteiger partial charge in [-0.3, -0.25) is 4.79 Å². The average molecular weight is 414 g/mol. The van der Waals surface area contributed by atoms with Gasteiger partial charge in [-0.2, -0.15) is 0 Å². The Hall–Kier alpha value is -2.02. The second-order valence-corrected chi connectivity index (χ2v) is 6.14. The first-order chi connectivity index (χ1) is 12.2. The van der Waals surface area contributed by atoms with Crippen molar-refractivity contribution in [3.63, 3.8) is 0 Å². The molecule has 0 atom stereocenters. The second kappa shape index (κ2) is 11.6. The predicted molar refractivity (Wildman–Crippen MR) is 109 cm³/mol. The van der Waals surface area contributed by atoms with E-state index in [2.05, 4.69) is 15.6 Å². The highest BCUT2D eigenvalue weighted by atomic mass is 35.5. The van der Waals surface area contributed by atoms with E-state index < -0.39 is 0 Å². The van der Waals surface area contributed by atoms with Crippen LogP contribution in [0.5, 0.6) is 17.4 Å². The number of halogens is 2. The van der Waals surface area contributed by atoms with E-state index in [-0.39, 0.29) is 30.7 Å². The molecule has 1 aliphatic carbocycles. The van der Waals surface area contributed by atoms with Gasteiger partial charge in [-0.05, 0) is 43.0 Å². The number of hydrogen-bond donors (Lipinski definition) is 2. The topological polar surface area (TPSA) is 72.5 Å². The molecule has 0 spiro atoms. The van der Waals surface area contributed by atoms with Crippen molar-refractivity contribution in [3.05, 3.63) is 48.2 Å². The highest BCUT2D eigenvalue weighted by Crippen LogP contribution is 2.27. The van der Waals surface area contributed by atoms with E-state index in [1.165, 1.54) is 12.8 Å². The molecule has 27 heavy (non-hydrogen) atoms. The third-order valence-corrected chi connectivity index (χ3v) is 3.97. The van der Waals surface area contributed by atoms with Gasteiger partial charge in [0.15, 0.2) is 0 Å². The Morgan fingerprint density at radius 2 is 1.96 bits per heavy atom. The molecule has 1 aromatic heterocycles. The number of carbonyl (C=O) groups is 1. The van der Waals surface area contributed by atoms with Crippen LogP contribution in [-0.2, 0) is 11.3 Å². The highest BCUT2D eigenvalue weighted by Gasteiger charge is 2.20. The van der Waals surface area contributed by atoms with Crippen LogP contribution in [0.1, 0.15) is 18.4 Å². The fourth-order valence-corrected chi connectivity index (χ4v) is 2.34. The molecule has 8 heteroatoms. The van der Waals surface area contributed by atoms with Crippen molar-refractivity contribution in [3.8, 4) is 17.4 Å². The molecule has 1 aromatic carbocycles. The molecule has 148 valence electrons. The van der Waals surface area contributed by atoms with Gasteiger partial charge >= 0.3 is 0 Å². The molecule has 0 bridgehead atoms. The number of amides is 1. The van der Waals surface area contributed by atoms with E-state index in [0.29, 0.717) is 24.7 Å². The summed E-state index contributed by atoms with van der Waals surface area (Å²) in [6.07, 6.45) is 4.27. The van der Waals surface area contributed by atoms with Gasteiger partial charge < -0.3 is 20.1 Å². The van der Waals surface area contributed by atoms with Crippen LogP contribution in [0.2, 0.25) is 0 Å². The summed E-state index contributed by atoms with van der Waals surface area (Å²) in [7, 11) is 1.61. The van der Waals surface area contributed by atoms with Gasteiger partial charge in [0.2, 0.25) is 11.8 Å². The number of aromatic nitrogens is 1. The summed E-state index contributed by atoms with van der Waals surface area (Å²) >= 11 is 0. The molecule has 0 saturated heterocycles. The Morgan fingerprint density at radius 1 is 1.19 bits per heavy atom. The maximum atomic E-state index is 11.8. The van der Waals surface area contributed by atoms with E-state index >= 15 is 0 Å². The highest BCUT2D eigenvalue weighted by molar-refractivity contribution is 5.85. The summed E-state index contributed by atoms with van der Waals surface area (Å²) in [6, 6.07) is 11.0. The third-order valence-electron chi connectivity index (χ3n) is 3.97. The Kier molecular flexibility index (Phi) is 9.93. The van der Waals surface area contributed by atoms with Crippen LogP contribution in [0.4, 0.5) is 0 Å². The summed E-state index contributed by atoms with van der Waals surface area (Å²) in [5.41, 5.74) is 0.925. The maximum absolute atomic E-state index is 11.8. The second-order valence-electron chi connectivity index (χ2n) is 6.14. The lowest BCUT2D eigenvalue weighted by atomic mass is 10.3. The van der Waals surface area contributed by atoms with Crippen molar-refractivity contribution < 1.29 is 14.3 Å². The molecule has 3 rings (SSSR count). The first kappa shape index (κ1) is 23.0. The first-order valence-corrected chi connectivity index (χ1v) is 8.47. The zero-order valence-electron chi connectivity index (χ0n) is 15.1. The molecule has 1 heterocycles. The number of methoxy groups -OCH3 is 1. The van der Waals surface area contributed by atoms with Crippen LogP contribution in [-0.4, -0.2) is 31.1 Å². The van der Waals surface area contributed by atoms with Crippen molar-refractivity contribution in [2.45, 2.75) is 19.4 Å². The number of carbonyl (C=O) groups excluding carboxylic acids is 1.